The molecule has 0 bridgehead atoms. The summed E-state index contributed by atoms with van der Waals surface area (Å²) in [5.41, 5.74) is 1.49. The summed E-state index contributed by atoms with van der Waals surface area (Å²) < 4.78 is 5.19. The van der Waals surface area contributed by atoms with Gasteiger partial charge in [-0.3, -0.25) is 4.79 Å². The van der Waals surface area contributed by atoms with Crippen molar-refractivity contribution in [3.63, 3.8) is 0 Å². The van der Waals surface area contributed by atoms with E-state index < -0.39 is 0 Å². The van der Waals surface area contributed by atoms with Gasteiger partial charge in [-0.15, -0.1) is 11.8 Å². The van der Waals surface area contributed by atoms with Crippen molar-refractivity contribution in [2.45, 2.75) is 30.6 Å². The zero-order valence-corrected chi connectivity index (χ0v) is 13.4. The van der Waals surface area contributed by atoms with E-state index in [1.54, 1.807) is 0 Å². The monoisotopic (exact) mass is 305 g/mol. The summed E-state index contributed by atoms with van der Waals surface area (Å²) >= 11 is 1.96. The number of carbonyl (C=O) groups excluding carboxylic acids is 1. The van der Waals surface area contributed by atoms with Crippen LogP contribution >= 0.6 is 11.8 Å². The highest BCUT2D eigenvalue weighted by Gasteiger charge is 2.30. The van der Waals surface area contributed by atoms with Crippen LogP contribution in [0.15, 0.2) is 29.2 Å². The molecule has 0 radical (unpaired) electrons. The van der Waals surface area contributed by atoms with E-state index in [4.69, 9.17) is 4.74 Å². The lowest BCUT2D eigenvalue weighted by Crippen LogP contribution is -2.41. The Morgan fingerprint density at radius 3 is 3.14 bits per heavy atom. The Morgan fingerprint density at radius 1 is 1.43 bits per heavy atom. The molecule has 3 nitrogen and oxygen atoms in total. The van der Waals surface area contributed by atoms with Gasteiger partial charge in [-0.25, -0.2) is 0 Å². The van der Waals surface area contributed by atoms with Crippen molar-refractivity contribution in [2.75, 3.05) is 32.0 Å². The standard InChI is InChI=1S/C17H23NO2S/c1-2-20-17(19)13-6-5-9-18(10-13)11-14-12-21-16-8-4-3-7-15(14)16/h3-4,7-8,13-14H,2,5-6,9-12H2,1H3/t13-,14?/m1/s1. The van der Waals surface area contributed by atoms with Gasteiger partial charge in [0, 0.05) is 29.7 Å². The van der Waals surface area contributed by atoms with Crippen molar-refractivity contribution in [3.05, 3.63) is 29.8 Å². The van der Waals surface area contributed by atoms with Crippen molar-refractivity contribution in [3.8, 4) is 0 Å². The summed E-state index contributed by atoms with van der Waals surface area (Å²) in [5.74, 6) is 1.83. The number of esters is 1. The predicted molar refractivity (Wildman–Crippen MR) is 85.7 cm³/mol. The van der Waals surface area contributed by atoms with Gasteiger partial charge in [-0.05, 0) is 37.9 Å². The summed E-state index contributed by atoms with van der Waals surface area (Å²) in [5, 5.41) is 0. The number of fused-ring (bicyclic) bond motifs is 1. The van der Waals surface area contributed by atoms with Crippen LogP contribution in [0.1, 0.15) is 31.2 Å². The van der Waals surface area contributed by atoms with Crippen LogP contribution in [0.5, 0.6) is 0 Å². The van der Waals surface area contributed by atoms with Crippen LogP contribution in [-0.2, 0) is 9.53 Å². The van der Waals surface area contributed by atoms with E-state index in [1.807, 2.05) is 18.7 Å². The largest absolute Gasteiger partial charge is 0.466 e. The smallest absolute Gasteiger partial charge is 0.310 e. The number of hydrogen-bond acceptors (Lipinski definition) is 4. The van der Waals surface area contributed by atoms with Crippen LogP contribution in [0.25, 0.3) is 0 Å². The third-order valence-electron chi connectivity index (χ3n) is 4.40. The average Bonchev–Trinajstić information content (AvgIpc) is 2.91. The number of piperidine rings is 1. The molecule has 0 N–H and O–H groups in total. The summed E-state index contributed by atoms with van der Waals surface area (Å²) in [6, 6.07) is 8.73. The van der Waals surface area contributed by atoms with E-state index in [9.17, 15) is 4.79 Å². The lowest BCUT2D eigenvalue weighted by Gasteiger charge is -2.33. The summed E-state index contributed by atoms with van der Waals surface area (Å²) in [4.78, 5) is 15.8. The maximum atomic E-state index is 11.9. The topological polar surface area (TPSA) is 29.5 Å². The first-order valence-corrected chi connectivity index (χ1v) is 8.87. The molecule has 2 heterocycles. The lowest BCUT2D eigenvalue weighted by molar-refractivity contribution is -0.149. The van der Waals surface area contributed by atoms with E-state index in [0.29, 0.717) is 12.5 Å². The molecule has 2 atom stereocenters. The highest BCUT2D eigenvalue weighted by molar-refractivity contribution is 7.99. The molecule has 1 aromatic carbocycles. The van der Waals surface area contributed by atoms with Gasteiger partial charge < -0.3 is 9.64 Å². The molecular weight excluding hydrogens is 282 g/mol. The molecule has 0 aliphatic carbocycles. The Labute approximate surface area is 131 Å². The average molecular weight is 305 g/mol. The number of nitrogens with zero attached hydrogens (tertiary/aromatic N) is 1. The van der Waals surface area contributed by atoms with Gasteiger partial charge in [-0.2, -0.15) is 0 Å². The number of thioether (sulfide) groups is 1. The van der Waals surface area contributed by atoms with Crippen molar-refractivity contribution in [1.82, 2.24) is 4.90 Å². The number of rotatable bonds is 4. The second-order valence-corrected chi connectivity index (χ2v) is 6.96. The van der Waals surface area contributed by atoms with Gasteiger partial charge in [-0.1, -0.05) is 18.2 Å². The van der Waals surface area contributed by atoms with E-state index >= 15 is 0 Å². The third-order valence-corrected chi connectivity index (χ3v) is 5.65. The maximum absolute atomic E-state index is 11.9. The van der Waals surface area contributed by atoms with Crippen molar-refractivity contribution >= 4 is 17.7 Å². The second-order valence-electron chi connectivity index (χ2n) is 5.90. The number of likely N-dealkylation sites (tertiary alicyclic amines) is 1. The normalized spacial score (nSPS) is 25.6. The highest BCUT2D eigenvalue weighted by Crippen LogP contribution is 2.40. The molecule has 0 aromatic heterocycles. The van der Waals surface area contributed by atoms with Gasteiger partial charge in [0.1, 0.15) is 0 Å². The fourth-order valence-electron chi connectivity index (χ4n) is 3.37. The van der Waals surface area contributed by atoms with Gasteiger partial charge in [0.05, 0.1) is 12.5 Å². The van der Waals surface area contributed by atoms with Crippen molar-refractivity contribution in [1.29, 1.82) is 0 Å². The van der Waals surface area contributed by atoms with Gasteiger partial charge >= 0.3 is 5.97 Å². The van der Waals surface area contributed by atoms with E-state index in [-0.39, 0.29) is 11.9 Å². The van der Waals surface area contributed by atoms with Crippen LogP contribution < -0.4 is 0 Å². The molecule has 114 valence electrons. The molecular formula is C17H23NO2S. The van der Waals surface area contributed by atoms with Gasteiger partial charge in [0.15, 0.2) is 0 Å². The van der Waals surface area contributed by atoms with E-state index in [1.165, 1.54) is 16.2 Å². The van der Waals surface area contributed by atoms with E-state index in [2.05, 4.69) is 29.2 Å². The van der Waals surface area contributed by atoms with Gasteiger partial charge in [0.25, 0.3) is 0 Å². The minimum absolute atomic E-state index is 0.0107. The molecule has 0 saturated carbocycles. The molecule has 3 rings (SSSR count). The Kier molecular flexibility index (Phi) is 4.86. The fourth-order valence-corrected chi connectivity index (χ4v) is 4.61. The van der Waals surface area contributed by atoms with Gasteiger partial charge in [0.2, 0.25) is 0 Å². The Morgan fingerprint density at radius 2 is 2.29 bits per heavy atom. The predicted octanol–water partition coefficient (Wildman–Crippen LogP) is 3.15. The SMILES string of the molecule is CCOC(=O)[C@@H]1CCCN(CC2CSc3ccccc32)C1. The minimum atomic E-state index is -0.0107. The molecule has 4 heteroatoms. The quantitative estimate of drug-likeness (QED) is 0.799. The first-order chi connectivity index (χ1) is 10.3. The molecule has 0 amide bonds. The van der Waals surface area contributed by atoms with Crippen LogP contribution in [0.2, 0.25) is 0 Å². The second kappa shape index (κ2) is 6.84. The molecule has 2 aliphatic rings. The Hall–Kier alpha value is -1.00. The van der Waals surface area contributed by atoms with Crippen LogP contribution in [0.4, 0.5) is 0 Å². The summed E-state index contributed by atoms with van der Waals surface area (Å²) in [6.07, 6.45) is 2.08. The number of hydrogen-bond donors (Lipinski definition) is 0. The minimum Gasteiger partial charge on any atom is -0.466 e. The summed E-state index contributed by atoms with van der Waals surface area (Å²) in [7, 11) is 0. The molecule has 21 heavy (non-hydrogen) atoms. The van der Waals surface area contributed by atoms with Crippen LogP contribution in [-0.4, -0.2) is 42.9 Å². The van der Waals surface area contributed by atoms with Crippen LogP contribution in [0.3, 0.4) is 0 Å². The number of ether oxygens (including phenoxy) is 1. The zero-order valence-electron chi connectivity index (χ0n) is 12.6. The van der Waals surface area contributed by atoms with Crippen molar-refractivity contribution in [2.24, 2.45) is 5.92 Å². The first-order valence-electron chi connectivity index (χ1n) is 7.88. The van der Waals surface area contributed by atoms with Crippen molar-refractivity contribution < 1.29 is 9.53 Å². The molecule has 2 aliphatic heterocycles. The Balaban J connectivity index is 1.60. The molecule has 0 spiro atoms. The molecule has 1 unspecified atom stereocenters. The third kappa shape index (κ3) is 3.43. The number of benzene rings is 1. The fraction of sp³-hybridized carbons (Fsp3) is 0.588. The Bertz CT molecular complexity index is 505. The zero-order chi connectivity index (χ0) is 14.7. The molecule has 1 saturated heterocycles. The number of carbonyl (C=O) groups is 1. The lowest BCUT2D eigenvalue weighted by atomic mass is 9.95. The highest BCUT2D eigenvalue weighted by atomic mass is 32.2. The van der Waals surface area contributed by atoms with Crippen LogP contribution in [0, 0.1) is 5.92 Å². The summed E-state index contributed by atoms with van der Waals surface area (Å²) in [6.45, 7) is 5.41. The first kappa shape index (κ1) is 14.9. The molecule has 1 aromatic rings. The molecule has 1 fully saturated rings. The maximum Gasteiger partial charge on any atom is 0.310 e. The van der Waals surface area contributed by atoms with E-state index in [0.717, 1.165) is 32.5 Å².